The molecule has 244 valence electrons. The van der Waals surface area contributed by atoms with Gasteiger partial charge in [-0.3, -0.25) is 34.2 Å². The number of anilines is 1. The summed E-state index contributed by atoms with van der Waals surface area (Å²) >= 11 is 6.43. The van der Waals surface area contributed by atoms with E-state index in [0.717, 1.165) is 31.4 Å². The van der Waals surface area contributed by atoms with Gasteiger partial charge in [-0.25, -0.2) is 0 Å². The molecule has 7 rings (SSSR count). The molecule has 2 saturated heterocycles. The second-order valence-electron chi connectivity index (χ2n) is 11.7. The largest absolute Gasteiger partial charge is 0.493 e. The van der Waals surface area contributed by atoms with Crippen molar-refractivity contribution in [3.8, 4) is 11.6 Å². The van der Waals surface area contributed by atoms with Crippen LogP contribution in [0.1, 0.15) is 30.9 Å². The molecule has 0 spiro atoms. The summed E-state index contributed by atoms with van der Waals surface area (Å²) in [6.07, 6.45) is 4.99. The number of β-lactam (4-membered cyclic amide) rings is 1. The first-order valence-corrected chi connectivity index (χ1v) is 15.9. The number of fused-ring (bicyclic) bond motifs is 2. The molecular formula is C34H30ClN7O6. The second-order valence-corrected chi connectivity index (χ2v) is 12.2. The minimum absolute atomic E-state index is 0.0585. The van der Waals surface area contributed by atoms with E-state index in [-0.39, 0.29) is 23.2 Å². The van der Waals surface area contributed by atoms with Crippen molar-refractivity contribution in [3.63, 3.8) is 0 Å². The number of rotatable bonds is 9. The smallest absolute Gasteiger partial charge is 0.302 e. The van der Waals surface area contributed by atoms with E-state index in [9.17, 15) is 24.8 Å². The van der Waals surface area contributed by atoms with Crippen molar-refractivity contribution in [3.05, 3.63) is 94.7 Å². The number of para-hydroxylation sites is 1. The number of nitro benzene ring substituents is 1. The Morgan fingerprint density at radius 3 is 2.54 bits per heavy atom. The fourth-order valence-corrected chi connectivity index (χ4v) is 6.74. The van der Waals surface area contributed by atoms with Crippen molar-refractivity contribution < 1.29 is 24.4 Å². The lowest BCUT2D eigenvalue weighted by Crippen LogP contribution is -2.56. The van der Waals surface area contributed by atoms with E-state index in [0.29, 0.717) is 40.0 Å². The standard InChI is InChI=1S/C34H30ClN7O6/c35-29-32(21-10-12-22(13-11-21)42(46)47)41(33(29)44)26-14-15-27(30-24(26)8-6-16-36-30)48-19-28(43)37-38-31-23-7-2-3-9-25(23)40(34(31)45)20-39-17-4-1-5-18-39/h2-3,6-16,29,32,45H,1,4-5,17-20H2. The van der Waals surface area contributed by atoms with Gasteiger partial charge < -0.3 is 14.7 Å². The maximum absolute atomic E-state index is 13.0. The number of pyridine rings is 1. The predicted octanol–water partition coefficient (Wildman–Crippen LogP) is 6.63. The van der Waals surface area contributed by atoms with Crippen LogP contribution >= 0.6 is 11.6 Å². The molecule has 0 radical (unpaired) electrons. The van der Waals surface area contributed by atoms with Crippen molar-refractivity contribution in [2.45, 2.75) is 37.4 Å². The molecule has 3 aromatic carbocycles. The van der Waals surface area contributed by atoms with Gasteiger partial charge in [0.1, 0.15) is 16.6 Å². The number of amides is 2. The fourth-order valence-electron chi connectivity index (χ4n) is 6.38. The number of hydrogen-bond acceptors (Lipinski definition) is 9. The average Bonchev–Trinajstić information content (AvgIpc) is 3.38. The molecule has 0 bridgehead atoms. The van der Waals surface area contributed by atoms with Gasteiger partial charge in [0.05, 0.1) is 28.8 Å². The van der Waals surface area contributed by atoms with E-state index in [1.807, 2.05) is 24.3 Å². The topological polar surface area (TPSA) is 156 Å². The minimum atomic E-state index is -0.852. The summed E-state index contributed by atoms with van der Waals surface area (Å²) in [5.74, 6) is -0.760. The van der Waals surface area contributed by atoms with Gasteiger partial charge >= 0.3 is 5.91 Å². The molecule has 2 atom stereocenters. The predicted molar refractivity (Wildman–Crippen MR) is 179 cm³/mol. The van der Waals surface area contributed by atoms with Crippen molar-refractivity contribution in [1.29, 1.82) is 0 Å². The molecule has 4 heterocycles. The molecule has 2 unspecified atom stereocenters. The van der Waals surface area contributed by atoms with Gasteiger partial charge in [0.2, 0.25) is 11.8 Å². The molecule has 2 aliphatic heterocycles. The van der Waals surface area contributed by atoms with E-state index in [1.165, 1.54) is 23.5 Å². The Balaban J connectivity index is 1.10. The van der Waals surface area contributed by atoms with Crippen LogP contribution in [0, 0.1) is 10.1 Å². The number of nitrogens with zero attached hydrogens (tertiary/aromatic N) is 7. The number of non-ortho nitro benzene ring substituents is 1. The highest BCUT2D eigenvalue weighted by atomic mass is 35.5. The van der Waals surface area contributed by atoms with Gasteiger partial charge in [-0.1, -0.05) is 36.8 Å². The molecule has 48 heavy (non-hydrogen) atoms. The lowest BCUT2D eigenvalue weighted by molar-refractivity contribution is -0.384. The molecule has 0 saturated carbocycles. The normalized spacial score (nSPS) is 18.4. The van der Waals surface area contributed by atoms with Gasteiger partial charge in [-0.05, 0) is 61.8 Å². The number of carbonyl (C=O) groups excluding carboxylic acids is 2. The summed E-state index contributed by atoms with van der Waals surface area (Å²) in [5.41, 5.74) is 2.53. The van der Waals surface area contributed by atoms with E-state index in [1.54, 1.807) is 47.2 Å². The Kier molecular flexibility index (Phi) is 8.46. The van der Waals surface area contributed by atoms with E-state index in [2.05, 4.69) is 20.1 Å². The molecule has 1 N–H and O–H groups in total. The molecule has 2 aliphatic rings. The quantitative estimate of drug-likeness (QED) is 0.0603. The Labute approximate surface area is 279 Å². The summed E-state index contributed by atoms with van der Waals surface area (Å²) in [6, 6.07) is 19.6. The summed E-state index contributed by atoms with van der Waals surface area (Å²) in [5, 5.41) is 30.6. The summed E-state index contributed by atoms with van der Waals surface area (Å²) in [7, 11) is 0. The molecule has 2 aromatic heterocycles. The summed E-state index contributed by atoms with van der Waals surface area (Å²) in [6.45, 7) is 1.97. The molecule has 14 heteroatoms. The van der Waals surface area contributed by atoms with Crippen LogP contribution < -0.4 is 9.64 Å². The molecule has 5 aromatic rings. The van der Waals surface area contributed by atoms with Crippen LogP contribution in [0.3, 0.4) is 0 Å². The van der Waals surface area contributed by atoms with E-state index < -0.39 is 28.9 Å². The van der Waals surface area contributed by atoms with Crippen LogP contribution in [0.4, 0.5) is 17.1 Å². The highest BCUT2D eigenvalue weighted by Crippen LogP contribution is 2.46. The average molecular weight is 668 g/mol. The Morgan fingerprint density at radius 2 is 1.77 bits per heavy atom. The van der Waals surface area contributed by atoms with Crippen molar-refractivity contribution in [1.82, 2.24) is 14.5 Å². The van der Waals surface area contributed by atoms with Crippen LogP contribution in [0.2, 0.25) is 0 Å². The number of hydrogen-bond donors (Lipinski definition) is 1. The number of benzene rings is 3. The highest BCUT2D eigenvalue weighted by Gasteiger charge is 2.48. The van der Waals surface area contributed by atoms with E-state index >= 15 is 0 Å². The number of ether oxygens (including phenoxy) is 1. The fraction of sp³-hybridized carbons (Fsp3) is 0.265. The number of alkyl halides is 1. The first-order chi connectivity index (χ1) is 23.3. The molecule has 2 fully saturated rings. The van der Waals surface area contributed by atoms with Crippen LogP contribution in [0.15, 0.2) is 89.2 Å². The van der Waals surface area contributed by atoms with E-state index in [4.69, 9.17) is 16.3 Å². The number of nitro groups is 1. The number of aromatic hydroxyl groups is 1. The maximum atomic E-state index is 13.0. The number of piperidine rings is 1. The molecular weight excluding hydrogens is 638 g/mol. The molecule has 13 nitrogen and oxygen atoms in total. The lowest BCUT2D eigenvalue weighted by Gasteiger charge is -2.45. The van der Waals surface area contributed by atoms with Gasteiger partial charge in [0.25, 0.3) is 5.69 Å². The van der Waals surface area contributed by atoms with Crippen molar-refractivity contribution in [2.75, 3.05) is 24.6 Å². The van der Waals surface area contributed by atoms with Crippen LogP contribution in [0.25, 0.3) is 21.8 Å². The Hall–Kier alpha value is -5.40. The highest BCUT2D eigenvalue weighted by molar-refractivity contribution is 6.37. The lowest BCUT2D eigenvalue weighted by atomic mass is 9.91. The zero-order valence-electron chi connectivity index (χ0n) is 25.6. The SMILES string of the molecule is O=C(COc1ccc(N2C(=O)C(Cl)C2c2ccc([N+](=O)[O-])cc2)c2cccnc12)N=Nc1c(O)n(CN2CCCCC2)c2ccccc12. The Bertz CT molecular complexity index is 2080. The second kappa shape index (κ2) is 13.0. The number of aromatic nitrogens is 2. The third kappa shape index (κ3) is 5.71. The zero-order valence-corrected chi connectivity index (χ0v) is 26.4. The number of likely N-dealkylation sites (tertiary alicyclic amines) is 1. The Morgan fingerprint density at radius 1 is 1.02 bits per heavy atom. The monoisotopic (exact) mass is 667 g/mol. The van der Waals surface area contributed by atoms with Gasteiger partial charge in [0.15, 0.2) is 12.3 Å². The number of halogens is 1. The number of carbonyl (C=O) groups is 2. The molecule has 2 amide bonds. The third-order valence-corrected chi connectivity index (χ3v) is 9.19. The molecule has 0 aliphatic carbocycles. The van der Waals surface area contributed by atoms with Gasteiger partial charge in [-0.2, -0.15) is 0 Å². The van der Waals surface area contributed by atoms with Gasteiger partial charge in [-0.15, -0.1) is 21.8 Å². The zero-order chi connectivity index (χ0) is 33.4. The number of azo groups is 1. The minimum Gasteiger partial charge on any atom is -0.493 e. The van der Waals surface area contributed by atoms with Crippen LogP contribution in [-0.4, -0.2) is 61.4 Å². The van der Waals surface area contributed by atoms with Crippen molar-refractivity contribution in [2.24, 2.45) is 10.2 Å². The maximum Gasteiger partial charge on any atom is 0.302 e. The van der Waals surface area contributed by atoms with Crippen LogP contribution in [0.5, 0.6) is 11.6 Å². The first kappa shape index (κ1) is 31.2. The first-order valence-electron chi connectivity index (χ1n) is 15.5. The van der Waals surface area contributed by atoms with Crippen LogP contribution in [-0.2, 0) is 16.3 Å². The summed E-state index contributed by atoms with van der Waals surface area (Å²) in [4.78, 5) is 44.7. The van der Waals surface area contributed by atoms with Crippen molar-refractivity contribution >= 4 is 62.3 Å². The van der Waals surface area contributed by atoms with Gasteiger partial charge in [0, 0.05) is 29.1 Å². The summed E-state index contributed by atoms with van der Waals surface area (Å²) < 4.78 is 7.63. The third-order valence-electron chi connectivity index (χ3n) is 8.76.